The maximum Gasteiger partial charge on any atom is 0.191 e. The Bertz CT molecular complexity index is 601. The first-order valence-electron chi connectivity index (χ1n) is 8.38. The number of hydrogen-bond acceptors (Lipinski definition) is 3. The molecule has 2 aromatic rings. The molecule has 6 heteroatoms. The molecule has 1 atom stereocenters. The van der Waals surface area contributed by atoms with Gasteiger partial charge in [0, 0.05) is 33.2 Å². The Hall–Kier alpha value is -1.12. The van der Waals surface area contributed by atoms with E-state index in [1.165, 1.54) is 11.1 Å². The van der Waals surface area contributed by atoms with Crippen LogP contribution in [0, 0.1) is 0 Å². The number of halogens is 1. The normalized spacial score (nSPS) is 12.6. The minimum Gasteiger partial charge on any atom is -0.356 e. The zero-order valence-corrected chi connectivity index (χ0v) is 18.4. The standard InChI is InChI=1S/C19H28N4S.HI/c1-16(18-9-12-24-15-18)13-22-19(20-2)21-10-11-23(3)14-17-7-5-4-6-8-17;/h4-9,12,15-16H,10-11,13-14H2,1-3H3,(H2,20,21,22);1H. The van der Waals surface area contributed by atoms with Crippen molar-refractivity contribution in [2.24, 2.45) is 4.99 Å². The summed E-state index contributed by atoms with van der Waals surface area (Å²) in [7, 11) is 3.96. The summed E-state index contributed by atoms with van der Waals surface area (Å²) in [5, 5.41) is 11.1. The van der Waals surface area contributed by atoms with Gasteiger partial charge in [0.15, 0.2) is 5.96 Å². The molecule has 1 aromatic heterocycles. The molecule has 1 unspecified atom stereocenters. The molecule has 0 amide bonds. The molecular formula is C19H29IN4S. The first kappa shape index (κ1) is 21.9. The summed E-state index contributed by atoms with van der Waals surface area (Å²) in [4.78, 5) is 6.61. The van der Waals surface area contributed by atoms with Crippen molar-refractivity contribution in [1.29, 1.82) is 0 Å². The van der Waals surface area contributed by atoms with Crippen molar-refractivity contribution in [3.63, 3.8) is 0 Å². The van der Waals surface area contributed by atoms with Gasteiger partial charge in [0.25, 0.3) is 0 Å². The highest BCUT2D eigenvalue weighted by Gasteiger charge is 2.07. The quantitative estimate of drug-likeness (QED) is 0.349. The molecule has 0 bridgehead atoms. The first-order valence-corrected chi connectivity index (χ1v) is 9.32. The maximum atomic E-state index is 4.30. The average molecular weight is 472 g/mol. The summed E-state index contributed by atoms with van der Waals surface area (Å²) < 4.78 is 0. The summed E-state index contributed by atoms with van der Waals surface area (Å²) >= 11 is 1.75. The van der Waals surface area contributed by atoms with Gasteiger partial charge in [0.05, 0.1) is 0 Å². The largest absolute Gasteiger partial charge is 0.356 e. The van der Waals surface area contributed by atoms with Crippen LogP contribution in [0.25, 0.3) is 0 Å². The maximum absolute atomic E-state index is 4.30. The highest BCUT2D eigenvalue weighted by molar-refractivity contribution is 14.0. The lowest BCUT2D eigenvalue weighted by Gasteiger charge is -2.19. The molecule has 0 aliphatic rings. The number of guanidine groups is 1. The average Bonchev–Trinajstić information content (AvgIpc) is 3.13. The molecule has 138 valence electrons. The fourth-order valence-corrected chi connectivity index (χ4v) is 3.27. The molecule has 2 rings (SSSR count). The lowest BCUT2D eigenvalue weighted by molar-refractivity contribution is 0.331. The molecule has 0 aliphatic heterocycles. The second kappa shape index (κ2) is 12.3. The van der Waals surface area contributed by atoms with Gasteiger partial charge in [-0.25, -0.2) is 0 Å². The van der Waals surface area contributed by atoms with Crippen LogP contribution in [0.4, 0.5) is 0 Å². The molecule has 0 spiro atoms. The van der Waals surface area contributed by atoms with Crippen molar-refractivity contribution in [1.82, 2.24) is 15.5 Å². The Kier molecular flexibility index (Phi) is 10.8. The number of rotatable bonds is 8. The molecule has 0 aliphatic carbocycles. The Balaban J connectivity index is 0.00000312. The highest BCUT2D eigenvalue weighted by atomic mass is 127. The topological polar surface area (TPSA) is 39.7 Å². The molecular weight excluding hydrogens is 443 g/mol. The smallest absolute Gasteiger partial charge is 0.191 e. The van der Waals surface area contributed by atoms with Crippen LogP contribution in [0.2, 0.25) is 0 Å². The van der Waals surface area contributed by atoms with Crippen LogP contribution in [-0.4, -0.2) is 44.6 Å². The number of aliphatic imine (C=N–C) groups is 1. The Morgan fingerprint density at radius 3 is 2.60 bits per heavy atom. The molecule has 25 heavy (non-hydrogen) atoms. The number of thiophene rings is 1. The van der Waals surface area contributed by atoms with Gasteiger partial charge in [-0.05, 0) is 40.9 Å². The van der Waals surface area contributed by atoms with Crippen molar-refractivity contribution >= 4 is 41.3 Å². The second-order valence-corrected chi connectivity index (χ2v) is 6.84. The van der Waals surface area contributed by atoms with Crippen LogP contribution < -0.4 is 10.6 Å². The van der Waals surface area contributed by atoms with Crippen LogP contribution in [0.3, 0.4) is 0 Å². The first-order chi connectivity index (χ1) is 11.7. The summed E-state index contributed by atoms with van der Waals surface area (Å²) in [5.74, 6) is 1.35. The predicted octanol–water partition coefficient (Wildman–Crippen LogP) is 3.77. The van der Waals surface area contributed by atoms with Crippen LogP contribution in [0.5, 0.6) is 0 Å². The predicted molar refractivity (Wildman–Crippen MR) is 120 cm³/mol. The monoisotopic (exact) mass is 472 g/mol. The number of benzene rings is 1. The van der Waals surface area contributed by atoms with Crippen molar-refractivity contribution in [3.05, 3.63) is 58.3 Å². The van der Waals surface area contributed by atoms with Gasteiger partial charge in [-0.1, -0.05) is 37.3 Å². The van der Waals surface area contributed by atoms with E-state index in [2.05, 4.69) is 81.7 Å². The van der Waals surface area contributed by atoms with Crippen LogP contribution in [-0.2, 0) is 6.54 Å². The number of hydrogen-bond donors (Lipinski definition) is 2. The van der Waals surface area contributed by atoms with E-state index in [0.29, 0.717) is 5.92 Å². The van der Waals surface area contributed by atoms with Crippen molar-refractivity contribution in [2.75, 3.05) is 33.7 Å². The summed E-state index contributed by atoms with van der Waals surface area (Å²) in [5.41, 5.74) is 2.72. The third-order valence-corrected chi connectivity index (χ3v) is 4.69. The molecule has 0 saturated carbocycles. The third-order valence-electron chi connectivity index (χ3n) is 3.99. The van der Waals surface area contributed by atoms with Gasteiger partial charge < -0.3 is 15.5 Å². The van der Waals surface area contributed by atoms with E-state index in [-0.39, 0.29) is 24.0 Å². The molecule has 1 aromatic carbocycles. The number of nitrogens with one attached hydrogen (secondary N) is 2. The van der Waals surface area contributed by atoms with Crippen molar-refractivity contribution in [3.8, 4) is 0 Å². The lowest BCUT2D eigenvalue weighted by Crippen LogP contribution is -2.42. The minimum atomic E-state index is 0. The van der Waals surface area contributed by atoms with Gasteiger partial charge in [-0.15, -0.1) is 24.0 Å². The van der Waals surface area contributed by atoms with E-state index < -0.39 is 0 Å². The van der Waals surface area contributed by atoms with Gasteiger partial charge in [-0.3, -0.25) is 4.99 Å². The Labute approximate surface area is 172 Å². The fraction of sp³-hybridized carbons (Fsp3) is 0.421. The van der Waals surface area contributed by atoms with Crippen molar-refractivity contribution in [2.45, 2.75) is 19.4 Å². The Morgan fingerprint density at radius 2 is 1.96 bits per heavy atom. The third kappa shape index (κ3) is 8.20. The molecule has 1 heterocycles. The lowest BCUT2D eigenvalue weighted by atomic mass is 10.1. The fourth-order valence-electron chi connectivity index (χ4n) is 2.48. The SMILES string of the molecule is CN=C(NCCN(C)Cc1ccccc1)NCC(C)c1ccsc1.I. The second-order valence-electron chi connectivity index (χ2n) is 6.06. The van der Waals surface area contributed by atoms with Crippen LogP contribution in [0.15, 0.2) is 52.2 Å². The van der Waals surface area contributed by atoms with E-state index in [1.807, 2.05) is 7.05 Å². The molecule has 0 saturated heterocycles. The molecule has 0 fully saturated rings. The van der Waals surface area contributed by atoms with E-state index in [0.717, 1.165) is 32.1 Å². The summed E-state index contributed by atoms with van der Waals surface area (Å²) in [6, 6.07) is 12.7. The van der Waals surface area contributed by atoms with E-state index in [1.54, 1.807) is 11.3 Å². The number of likely N-dealkylation sites (N-methyl/N-ethyl adjacent to an activating group) is 1. The summed E-state index contributed by atoms with van der Waals surface area (Å²) in [6.45, 7) is 5.92. The van der Waals surface area contributed by atoms with E-state index in [9.17, 15) is 0 Å². The van der Waals surface area contributed by atoms with Crippen LogP contribution >= 0.6 is 35.3 Å². The van der Waals surface area contributed by atoms with Crippen LogP contribution in [0.1, 0.15) is 24.0 Å². The van der Waals surface area contributed by atoms with E-state index >= 15 is 0 Å². The van der Waals surface area contributed by atoms with Crippen molar-refractivity contribution < 1.29 is 0 Å². The van der Waals surface area contributed by atoms with E-state index in [4.69, 9.17) is 0 Å². The molecule has 2 N–H and O–H groups in total. The van der Waals surface area contributed by atoms with Gasteiger partial charge in [0.1, 0.15) is 0 Å². The number of nitrogens with zero attached hydrogens (tertiary/aromatic N) is 2. The zero-order chi connectivity index (χ0) is 17.2. The zero-order valence-electron chi connectivity index (χ0n) is 15.2. The molecule has 0 radical (unpaired) electrons. The Morgan fingerprint density at radius 1 is 1.20 bits per heavy atom. The van der Waals surface area contributed by atoms with Gasteiger partial charge >= 0.3 is 0 Å². The highest BCUT2D eigenvalue weighted by Crippen LogP contribution is 2.16. The molecule has 4 nitrogen and oxygen atoms in total. The van der Waals surface area contributed by atoms with Gasteiger partial charge in [0.2, 0.25) is 0 Å². The summed E-state index contributed by atoms with van der Waals surface area (Å²) in [6.07, 6.45) is 0. The van der Waals surface area contributed by atoms with Gasteiger partial charge in [-0.2, -0.15) is 11.3 Å². The minimum absolute atomic E-state index is 0.